The monoisotopic (exact) mass is 269 g/mol. The van der Waals surface area contributed by atoms with Crippen LogP contribution in [0, 0.1) is 0 Å². The molecule has 0 aromatic carbocycles. The van der Waals surface area contributed by atoms with Gasteiger partial charge in [0.15, 0.2) is 0 Å². The van der Waals surface area contributed by atoms with E-state index < -0.39 is 0 Å². The van der Waals surface area contributed by atoms with E-state index in [9.17, 15) is 9.59 Å². The average molecular weight is 269 g/mol. The molecule has 0 aliphatic carbocycles. The van der Waals surface area contributed by atoms with E-state index in [1.807, 2.05) is 13.8 Å². The number of urea groups is 1. The van der Waals surface area contributed by atoms with Crippen LogP contribution in [0.15, 0.2) is 0 Å². The summed E-state index contributed by atoms with van der Waals surface area (Å²) in [5, 5.41) is 5.13. The van der Waals surface area contributed by atoms with E-state index in [1.54, 1.807) is 0 Å². The summed E-state index contributed by atoms with van der Waals surface area (Å²) in [4.78, 5) is 25.4. The van der Waals surface area contributed by atoms with Gasteiger partial charge in [-0.2, -0.15) is 0 Å². The summed E-state index contributed by atoms with van der Waals surface area (Å²) >= 11 is 0. The number of carbonyl (C=O) groups excluding carboxylic acids is 2. The molecule has 5 nitrogen and oxygen atoms in total. The second-order valence-corrected chi connectivity index (χ2v) is 5.37. The smallest absolute Gasteiger partial charge is 0.321 e. The molecule has 1 aliphatic rings. The summed E-state index contributed by atoms with van der Waals surface area (Å²) < 4.78 is 0. The lowest BCUT2D eigenvalue weighted by Gasteiger charge is -2.23. The quantitative estimate of drug-likeness (QED) is 0.819. The molecule has 0 radical (unpaired) electrons. The van der Waals surface area contributed by atoms with E-state index in [4.69, 9.17) is 0 Å². The molecule has 1 saturated heterocycles. The first kappa shape index (κ1) is 16.0. The van der Waals surface area contributed by atoms with Crippen LogP contribution < -0.4 is 10.6 Å². The van der Waals surface area contributed by atoms with Gasteiger partial charge in [-0.1, -0.05) is 26.2 Å². The van der Waals surface area contributed by atoms with Crippen LogP contribution in [0.3, 0.4) is 0 Å². The number of imide groups is 1. The highest BCUT2D eigenvalue weighted by atomic mass is 16.2. The second-order valence-electron chi connectivity index (χ2n) is 5.37. The fraction of sp³-hybridized carbons (Fsp3) is 0.857. The number of hydrogen-bond donors (Lipinski definition) is 2. The molecule has 0 bridgehead atoms. The van der Waals surface area contributed by atoms with E-state index in [2.05, 4.69) is 15.5 Å². The molecule has 1 aliphatic heterocycles. The first-order valence-electron chi connectivity index (χ1n) is 7.44. The Labute approximate surface area is 116 Å². The molecule has 1 heterocycles. The van der Waals surface area contributed by atoms with Crippen molar-refractivity contribution in [1.29, 1.82) is 0 Å². The number of nitrogens with zero attached hydrogens (tertiary/aromatic N) is 1. The molecule has 0 unspecified atom stereocenters. The molecule has 0 spiro atoms. The maximum Gasteiger partial charge on any atom is 0.321 e. The fourth-order valence-corrected chi connectivity index (χ4v) is 2.20. The Bertz CT molecular complexity index is 286. The Kier molecular flexibility index (Phi) is 7.48. The van der Waals surface area contributed by atoms with Crippen LogP contribution in [-0.4, -0.2) is 42.5 Å². The third-order valence-electron chi connectivity index (χ3n) is 3.56. The number of amides is 3. The molecule has 1 rings (SSSR count). The first-order valence-corrected chi connectivity index (χ1v) is 7.44. The minimum absolute atomic E-state index is 0.0921. The van der Waals surface area contributed by atoms with Crippen LogP contribution in [0.2, 0.25) is 0 Å². The van der Waals surface area contributed by atoms with E-state index in [0.717, 1.165) is 32.4 Å². The minimum Gasteiger partial charge on any atom is -0.335 e. The molecule has 0 aromatic rings. The van der Waals surface area contributed by atoms with Crippen LogP contribution in [-0.2, 0) is 4.79 Å². The van der Waals surface area contributed by atoms with E-state index in [-0.39, 0.29) is 18.0 Å². The Morgan fingerprint density at radius 3 is 2.26 bits per heavy atom. The first-order chi connectivity index (χ1) is 9.11. The topological polar surface area (TPSA) is 61.4 Å². The van der Waals surface area contributed by atoms with Gasteiger partial charge in [0.05, 0.1) is 6.54 Å². The normalized spacial score (nSPS) is 19.1. The van der Waals surface area contributed by atoms with E-state index in [1.165, 1.54) is 19.3 Å². The second kappa shape index (κ2) is 8.91. The molecule has 5 heteroatoms. The summed E-state index contributed by atoms with van der Waals surface area (Å²) in [7, 11) is 0. The van der Waals surface area contributed by atoms with Crippen molar-refractivity contribution in [2.24, 2.45) is 0 Å². The van der Waals surface area contributed by atoms with Gasteiger partial charge in [-0.05, 0) is 39.3 Å². The predicted molar refractivity (Wildman–Crippen MR) is 76.0 cm³/mol. The standard InChI is InChI=1S/C14H27N3O2/c1-3-12(2)15-14(19)16-13(18)11-17-9-7-5-4-6-8-10-17/h12H,3-11H2,1-2H3,(H2,15,16,18,19)/t12-/m0/s1. The molecule has 2 N–H and O–H groups in total. The molecule has 0 saturated carbocycles. The molecule has 3 amide bonds. The highest BCUT2D eigenvalue weighted by molar-refractivity contribution is 5.95. The summed E-state index contributed by atoms with van der Waals surface area (Å²) in [5.41, 5.74) is 0. The van der Waals surface area contributed by atoms with Crippen molar-refractivity contribution in [3.8, 4) is 0 Å². The van der Waals surface area contributed by atoms with Gasteiger partial charge in [0, 0.05) is 6.04 Å². The Balaban J connectivity index is 2.26. The summed E-state index contributed by atoms with van der Waals surface area (Å²) in [6, 6.07) is -0.291. The maximum atomic E-state index is 11.8. The van der Waals surface area contributed by atoms with Crippen molar-refractivity contribution in [1.82, 2.24) is 15.5 Å². The summed E-state index contributed by atoms with van der Waals surface area (Å²) in [6.07, 6.45) is 6.93. The van der Waals surface area contributed by atoms with Crippen molar-refractivity contribution in [3.05, 3.63) is 0 Å². The molecule has 110 valence electrons. The number of hydrogen-bond acceptors (Lipinski definition) is 3. The summed E-state index contributed by atoms with van der Waals surface area (Å²) in [5.74, 6) is -0.207. The maximum absolute atomic E-state index is 11.8. The van der Waals surface area contributed by atoms with Gasteiger partial charge < -0.3 is 5.32 Å². The molecule has 1 atom stereocenters. The van der Waals surface area contributed by atoms with Crippen molar-refractivity contribution >= 4 is 11.9 Å². The molecule has 19 heavy (non-hydrogen) atoms. The predicted octanol–water partition coefficient (Wildman–Crippen LogP) is 1.88. The van der Waals surface area contributed by atoms with Gasteiger partial charge in [-0.3, -0.25) is 15.0 Å². The van der Waals surface area contributed by atoms with E-state index in [0.29, 0.717) is 6.54 Å². The lowest BCUT2D eigenvalue weighted by atomic mass is 10.1. The van der Waals surface area contributed by atoms with Crippen LogP contribution in [0.4, 0.5) is 4.79 Å². The van der Waals surface area contributed by atoms with Crippen molar-refractivity contribution in [2.45, 2.75) is 58.4 Å². The third-order valence-corrected chi connectivity index (χ3v) is 3.56. The Hall–Kier alpha value is -1.10. The zero-order valence-electron chi connectivity index (χ0n) is 12.2. The molecule has 1 fully saturated rings. The lowest BCUT2D eigenvalue weighted by Crippen LogP contribution is -2.47. The van der Waals surface area contributed by atoms with Crippen LogP contribution in [0.5, 0.6) is 0 Å². The van der Waals surface area contributed by atoms with Gasteiger partial charge in [0.25, 0.3) is 0 Å². The van der Waals surface area contributed by atoms with Gasteiger partial charge in [-0.15, -0.1) is 0 Å². The Morgan fingerprint density at radius 1 is 1.11 bits per heavy atom. The van der Waals surface area contributed by atoms with Gasteiger partial charge in [0.2, 0.25) is 5.91 Å². The molecule has 0 aromatic heterocycles. The number of carbonyl (C=O) groups is 2. The van der Waals surface area contributed by atoms with Gasteiger partial charge in [0.1, 0.15) is 0 Å². The number of nitrogens with one attached hydrogen (secondary N) is 2. The number of likely N-dealkylation sites (tertiary alicyclic amines) is 1. The average Bonchev–Trinajstić information content (AvgIpc) is 2.32. The van der Waals surface area contributed by atoms with Crippen LogP contribution >= 0.6 is 0 Å². The molecular weight excluding hydrogens is 242 g/mol. The van der Waals surface area contributed by atoms with E-state index >= 15 is 0 Å². The number of rotatable bonds is 4. The largest absolute Gasteiger partial charge is 0.335 e. The van der Waals surface area contributed by atoms with Crippen molar-refractivity contribution in [3.63, 3.8) is 0 Å². The van der Waals surface area contributed by atoms with Crippen molar-refractivity contribution < 1.29 is 9.59 Å². The fourth-order valence-electron chi connectivity index (χ4n) is 2.20. The molecular formula is C14H27N3O2. The third kappa shape index (κ3) is 7.15. The highest BCUT2D eigenvalue weighted by Crippen LogP contribution is 2.09. The highest BCUT2D eigenvalue weighted by Gasteiger charge is 2.14. The van der Waals surface area contributed by atoms with Gasteiger partial charge in [-0.25, -0.2) is 4.79 Å². The van der Waals surface area contributed by atoms with Crippen LogP contribution in [0.1, 0.15) is 52.4 Å². The zero-order chi connectivity index (χ0) is 14.1. The lowest BCUT2D eigenvalue weighted by molar-refractivity contribution is -0.121. The Morgan fingerprint density at radius 2 is 1.68 bits per heavy atom. The SMILES string of the molecule is CC[C@H](C)NC(=O)NC(=O)CN1CCCCCCC1. The van der Waals surface area contributed by atoms with Gasteiger partial charge >= 0.3 is 6.03 Å². The zero-order valence-corrected chi connectivity index (χ0v) is 12.2. The summed E-state index contributed by atoms with van der Waals surface area (Å²) in [6.45, 7) is 6.16. The van der Waals surface area contributed by atoms with Crippen LogP contribution in [0.25, 0.3) is 0 Å². The van der Waals surface area contributed by atoms with Crippen molar-refractivity contribution in [2.75, 3.05) is 19.6 Å². The minimum atomic E-state index is -0.383.